The van der Waals surface area contributed by atoms with Gasteiger partial charge < -0.3 is 9.88 Å². The molecule has 3 rings (SSSR count). The number of aromatic nitrogens is 2. The van der Waals surface area contributed by atoms with Crippen LogP contribution in [0.5, 0.6) is 0 Å². The predicted octanol–water partition coefficient (Wildman–Crippen LogP) is 9.10. The number of rotatable bonds is 9. The van der Waals surface area contributed by atoms with Crippen molar-refractivity contribution in [1.29, 1.82) is 0 Å². The number of amides is 1. The first kappa shape index (κ1) is 31.4. The third kappa shape index (κ3) is 10.6. The molecule has 0 atom stereocenters. The molecule has 1 amide bonds. The molecule has 0 aliphatic rings. The zero-order chi connectivity index (χ0) is 27.3. The van der Waals surface area contributed by atoms with Gasteiger partial charge in [0, 0.05) is 20.0 Å². The van der Waals surface area contributed by atoms with E-state index in [0.29, 0.717) is 6.54 Å². The van der Waals surface area contributed by atoms with Crippen LogP contribution >= 0.6 is 0 Å². The molecule has 4 nitrogen and oxygen atoms in total. The fourth-order valence-corrected chi connectivity index (χ4v) is 4.10. The molecule has 1 aromatic heterocycles. The summed E-state index contributed by atoms with van der Waals surface area (Å²) in [5, 5.41) is 0. The molecular formula is C32H51N3O. The third-order valence-corrected chi connectivity index (χ3v) is 6.15. The Morgan fingerprint density at radius 3 is 2.08 bits per heavy atom. The summed E-state index contributed by atoms with van der Waals surface area (Å²) in [6.45, 7) is 22.4. The summed E-state index contributed by atoms with van der Waals surface area (Å²) in [6.07, 6.45) is 5.18. The van der Waals surface area contributed by atoms with Crippen LogP contribution in [0, 0.1) is 25.7 Å². The minimum atomic E-state index is 0.126. The van der Waals surface area contributed by atoms with Crippen molar-refractivity contribution in [1.82, 2.24) is 14.9 Å². The number of benzene rings is 2. The maximum absolute atomic E-state index is 11.9. The number of aryl methyl sites for hydroxylation is 2. The highest BCUT2D eigenvalue weighted by molar-refractivity contribution is 5.82. The lowest BCUT2D eigenvalue weighted by Crippen LogP contribution is -2.29. The van der Waals surface area contributed by atoms with E-state index in [4.69, 9.17) is 0 Å². The van der Waals surface area contributed by atoms with Crippen LogP contribution in [0.3, 0.4) is 0 Å². The Bertz CT molecular complexity index is 1040. The van der Waals surface area contributed by atoms with Gasteiger partial charge in [-0.1, -0.05) is 85.9 Å². The summed E-state index contributed by atoms with van der Waals surface area (Å²) in [5.41, 5.74) is 6.76. The summed E-state index contributed by atoms with van der Waals surface area (Å²) in [5.74, 6) is 2.84. The van der Waals surface area contributed by atoms with Crippen LogP contribution in [-0.4, -0.2) is 27.3 Å². The fourth-order valence-electron chi connectivity index (χ4n) is 4.10. The van der Waals surface area contributed by atoms with E-state index in [9.17, 15) is 4.79 Å². The molecular weight excluding hydrogens is 442 g/mol. The molecule has 3 aromatic rings. The molecule has 0 aliphatic heterocycles. The monoisotopic (exact) mass is 493 g/mol. The summed E-state index contributed by atoms with van der Waals surface area (Å²) in [7, 11) is 0. The molecule has 1 heterocycles. The quantitative estimate of drug-likeness (QED) is 0.323. The molecule has 1 N–H and O–H groups in total. The molecule has 200 valence electrons. The van der Waals surface area contributed by atoms with Gasteiger partial charge in [0.25, 0.3) is 0 Å². The maximum Gasteiger partial charge on any atom is 0.219 e. The Kier molecular flexibility index (Phi) is 14.1. The van der Waals surface area contributed by atoms with Crippen LogP contribution < -0.4 is 0 Å². The second kappa shape index (κ2) is 16.2. The number of hydrogen-bond acceptors (Lipinski definition) is 2. The molecule has 0 saturated carbocycles. The van der Waals surface area contributed by atoms with Crippen molar-refractivity contribution in [3.63, 3.8) is 0 Å². The van der Waals surface area contributed by atoms with Gasteiger partial charge in [0.2, 0.25) is 5.91 Å². The number of nitrogens with one attached hydrogen (secondary N) is 1. The Morgan fingerprint density at radius 1 is 0.944 bits per heavy atom. The Hall–Kier alpha value is -2.62. The molecule has 0 bridgehead atoms. The van der Waals surface area contributed by atoms with Gasteiger partial charge in [0.1, 0.15) is 5.82 Å². The molecule has 4 heteroatoms. The number of carbonyl (C=O) groups is 1. The van der Waals surface area contributed by atoms with Crippen molar-refractivity contribution in [3.05, 3.63) is 53.3 Å². The predicted molar refractivity (Wildman–Crippen MR) is 157 cm³/mol. The van der Waals surface area contributed by atoms with Crippen molar-refractivity contribution >= 4 is 16.9 Å². The number of H-pyrrole nitrogens is 1. The van der Waals surface area contributed by atoms with Crippen molar-refractivity contribution < 1.29 is 4.79 Å². The van der Waals surface area contributed by atoms with Crippen LogP contribution in [0.2, 0.25) is 0 Å². The average molecular weight is 494 g/mol. The Labute approximate surface area is 220 Å². The van der Waals surface area contributed by atoms with Crippen molar-refractivity contribution in [3.8, 4) is 11.1 Å². The summed E-state index contributed by atoms with van der Waals surface area (Å²) < 4.78 is 0. The van der Waals surface area contributed by atoms with Gasteiger partial charge in [-0.3, -0.25) is 4.79 Å². The van der Waals surface area contributed by atoms with Gasteiger partial charge in [0.05, 0.1) is 11.0 Å². The van der Waals surface area contributed by atoms with Crippen LogP contribution in [0.1, 0.15) is 98.0 Å². The highest BCUT2D eigenvalue weighted by Crippen LogP contribution is 2.26. The summed E-state index contributed by atoms with van der Waals surface area (Å²) in [6, 6.07) is 12.8. The number of nitrogens with zero attached hydrogens (tertiary/aromatic N) is 2. The lowest BCUT2D eigenvalue weighted by Gasteiger charge is -2.22. The second-order valence-corrected chi connectivity index (χ2v) is 10.4. The molecule has 0 fully saturated rings. The first-order valence-corrected chi connectivity index (χ1v) is 13.9. The van der Waals surface area contributed by atoms with E-state index in [1.54, 1.807) is 6.92 Å². The number of imidazole rings is 1. The standard InChI is InChI=1S/C21H25N3O.C9H20.C2H6/c1-5-10-24(16(4)25)13-19-11-17(7-6-14(19)2)18-8-9-20-21(12-18)23-15(3)22-20;1-8(2)6-5-7-9(3)4;1-2/h6-9,11-12H,5,10,13H2,1-4H3,(H,22,23);8-9H,5-7H2,1-4H3;1-2H3. The zero-order valence-electron chi connectivity index (χ0n) is 24.7. The molecule has 0 radical (unpaired) electrons. The number of hydrogen-bond donors (Lipinski definition) is 1. The van der Waals surface area contributed by atoms with E-state index in [1.165, 1.54) is 30.4 Å². The Morgan fingerprint density at radius 2 is 1.53 bits per heavy atom. The van der Waals surface area contributed by atoms with Crippen molar-refractivity contribution in [2.75, 3.05) is 6.54 Å². The van der Waals surface area contributed by atoms with Gasteiger partial charge in [0.15, 0.2) is 0 Å². The second-order valence-electron chi connectivity index (χ2n) is 10.4. The molecule has 2 aromatic carbocycles. The van der Waals surface area contributed by atoms with Gasteiger partial charge in [-0.05, 0) is 72.6 Å². The average Bonchev–Trinajstić information content (AvgIpc) is 3.20. The topological polar surface area (TPSA) is 49.0 Å². The normalized spacial score (nSPS) is 10.7. The minimum Gasteiger partial charge on any atom is -0.342 e. The highest BCUT2D eigenvalue weighted by atomic mass is 16.2. The molecule has 0 saturated heterocycles. The molecule has 0 spiro atoms. The summed E-state index contributed by atoms with van der Waals surface area (Å²) >= 11 is 0. The van der Waals surface area contributed by atoms with Gasteiger partial charge >= 0.3 is 0 Å². The van der Waals surface area contributed by atoms with Crippen molar-refractivity contribution in [2.24, 2.45) is 11.8 Å². The minimum absolute atomic E-state index is 0.126. The first-order chi connectivity index (χ1) is 17.1. The van der Waals surface area contributed by atoms with Gasteiger partial charge in [-0.25, -0.2) is 4.98 Å². The Balaban J connectivity index is 0.000000500. The zero-order valence-corrected chi connectivity index (χ0v) is 24.7. The number of fused-ring (bicyclic) bond motifs is 1. The van der Waals surface area contributed by atoms with Gasteiger partial charge in [-0.2, -0.15) is 0 Å². The van der Waals surface area contributed by atoms with E-state index in [1.807, 2.05) is 31.7 Å². The van der Waals surface area contributed by atoms with E-state index in [2.05, 4.69) is 81.8 Å². The van der Waals surface area contributed by atoms with Crippen molar-refractivity contribution in [2.45, 2.75) is 101 Å². The van der Waals surface area contributed by atoms with Crippen LogP contribution in [0.15, 0.2) is 36.4 Å². The SMILES string of the molecule is CC.CC(C)CCCC(C)C.CCCN(Cc1cc(-c2ccc3nc(C)[nH]c3c2)ccc1C)C(C)=O. The maximum atomic E-state index is 11.9. The van der Waals surface area contributed by atoms with E-state index in [-0.39, 0.29) is 5.91 Å². The first-order valence-electron chi connectivity index (χ1n) is 13.9. The van der Waals surface area contributed by atoms with Crippen LogP contribution in [0.4, 0.5) is 0 Å². The van der Waals surface area contributed by atoms with E-state index >= 15 is 0 Å². The fraction of sp³-hybridized carbons (Fsp3) is 0.562. The number of carbonyl (C=O) groups excluding carboxylic acids is 1. The lowest BCUT2D eigenvalue weighted by molar-refractivity contribution is -0.129. The van der Waals surface area contributed by atoms with Gasteiger partial charge in [-0.15, -0.1) is 0 Å². The van der Waals surface area contributed by atoms with Crippen LogP contribution in [0.25, 0.3) is 22.2 Å². The molecule has 0 unspecified atom stereocenters. The van der Waals surface area contributed by atoms with E-state index < -0.39 is 0 Å². The largest absolute Gasteiger partial charge is 0.342 e. The highest BCUT2D eigenvalue weighted by Gasteiger charge is 2.11. The third-order valence-electron chi connectivity index (χ3n) is 6.15. The van der Waals surface area contributed by atoms with Crippen LogP contribution in [-0.2, 0) is 11.3 Å². The smallest absolute Gasteiger partial charge is 0.219 e. The summed E-state index contributed by atoms with van der Waals surface area (Å²) in [4.78, 5) is 21.5. The lowest BCUT2D eigenvalue weighted by atomic mass is 9.99. The molecule has 36 heavy (non-hydrogen) atoms. The molecule has 0 aliphatic carbocycles. The number of aromatic amines is 1. The van der Waals surface area contributed by atoms with E-state index in [0.717, 1.165) is 52.8 Å².